The van der Waals surface area contributed by atoms with Gasteiger partial charge in [-0.05, 0) is 24.0 Å². The summed E-state index contributed by atoms with van der Waals surface area (Å²) >= 11 is 0. The molecule has 0 spiro atoms. The van der Waals surface area contributed by atoms with Gasteiger partial charge in [-0.25, -0.2) is 0 Å². The predicted molar refractivity (Wildman–Crippen MR) is 83.7 cm³/mol. The number of benzene rings is 1. The van der Waals surface area contributed by atoms with Crippen LogP contribution in [0.1, 0.15) is 38.7 Å². The van der Waals surface area contributed by atoms with Gasteiger partial charge in [0.05, 0.1) is 0 Å². The van der Waals surface area contributed by atoms with Crippen LogP contribution in [0.25, 0.3) is 10.9 Å². The van der Waals surface area contributed by atoms with Crippen LogP contribution in [0, 0.1) is 5.92 Å². The maximum atomic E-state index is 11.9. The number of rotatable bonds is 7. The summed E-state index contributed by atoms with van der Waals surface area (Å²) in [5.74, 6) is 0.759. The Balaban J connectivity index is 1.84. The summed E-state index contributed by atoms with van der Waals surface area (Å²) in [5, 5.41) is 4.27. The van der Waals surface area contributed by atoms with Crippen molar-refractivity contribution >= 4 is 16.8 Å². The van der Waals surface area contributed by atoms with Crippen molar-refractivity contribution in [1.82, 2.24) is 10.3 Å². The van der Waals surface area contributed by atoms with Crippen LogP contribution in [-0.4, -0.2) is 17.4 Å². The number of H-pyrrole nitrogens is 1. The molecule has 1 aromatic heterocycles. The summed E-state index contributed by atoms with van der Waals surface area (Å²) in [7, 11) is 0. The topological polar surface area (TPSA) is 44.9 Å². The number of amides is 1. The van der Waals surface area contributed by atoms with Gasteiger partial charge in [0.25, 0.3) is 0 Å². The van der Waals surface area contributed by atoms with Crippen molar-refractivity contribution in [2.45, 2.75) is 39.5 Å². The monoisotopic (exact) mass is 272 g/mol. The molecule has 1 amide bonds. The number of para-hydroxylation sites is 1. The molecule has 2 rings (SSSR count). The van der Waals surface area contributed by atoms with Crippen molar-refractivity contribution < 1.29 is 4.79 Å². The van der Waals surface area contributed by atoms with Gasteiger partial charge in [-0.15, -0.1) is 0 Å². The van der Waals surface area contributed by atoms with E-state index >= 15 is 0 Å². The minimum absolute atomic E-state index is 0.155. The summed E-state index contributed by atoms with van der Waals surface area (Å²) in [6.07, 6.45) is 5.61. The number of aromatic nitrogens is 1. The summed E-state index contributed by atoms with van der Waals surface area (Å²) < 4.78 is 0. The zero-order chi connectivity index (χ0) is 14.4. The third-order valence-electron chi connectivity index (χ3n) is 4.04. The summed E-state index contributed by atoms with van der Waals surface area (Å²) in [5.41, 5.74) is 2.36. The maximum Gasteiger partial charge on any atom is 0.220 e. The number of fused-ring (bicyclic) bond motifs is 1. The smallest absolute Gasteiger partial charge is 0.220 e. The minimum Gasteiger partial charge on any atom is -0.361 e. The maximum absolute atomic E-state index is 11.9. The molecule has 0 aliphatic rings. The Morgan fingerprint density at radius 1 is 1.25 bits per heavy atom. The van der Waals surface area contributed by atoms with E-state index in [4.69, 9.17) is 0 Å². The lowest BCUT2D eigenvalue weighted by molar-refractivity contribution is -0.121. The molecule has 3 nitrogen and oxygen atoms in total. The lowest BCUT2D eigenvalue weighted by atomic mass is 10.0. The molecular formula is C17H24N2O. The molecule has 108 valence electrons. The minimum atomic E-state index is 0.155. The van der Waals surface area contributed by atoms with Crippen LogP contribution in [0.15, 0.2) is 30.5 Å². The van der Waals surface area contributed by atoms with Crippen molar-refractivity contribution in [3.8, 4) is 0 Å². The van der Waals surface area contributed by atoms with Crippen LogP contribution in [0.3, 0.4) is 0 Å². The lowest BCUT2D eigenvalue weighted by Crippen LogP contribution is -2.29. The average Bonchev–Trinajstić information content (AvgIpc) is 2.89. The molecule has 1 aromatic carbocycles. The molecule has 0 atom stereocenters. The summed E-state index contributed by atoms with van der Waals surface area (Å²) in [6, 6.07) is 8.22. The molecule has 0 aliphatic heterocycles. The number of carbonyl (C=O) groups is 1. The first-order valence-corrected chi connectivity index (χ1v) is 7.56. The fraction of sp³-hybridized carbons (Fsp3) is 0.471. The largest absolute Gasteiger partial charge is 0.361 e. The van der Waals surface area contributed by atoms with Gasteiger partial charge in [0, 0.05) is 30.1 Å². The molecule has 0 saturated carbocycles. The number of hydrogen-bond acceptors (Lipinski definition) is 1. The molecule has 2 N–H and O–H groups in total. The second-order valence-corrected chi connectivity index (χ2v) is 5.35. The van der Waals surface area contributed by atoms with Crippen molar-refractivity contribution in [2.24, 2.45) is 5.92 Å². The van der Waals surface area contributed by atoms with Gasteiger partial charge in [0.1, 0.15) is 0 Å². The van der Waals surface area contributed by atoms with E-state index in [0.717, 1.165) is 31.3 Å². The lowest BCUT2D eigenvalue weighted by Gasteiger charge is -2.13. The van der Waals surface area contributed by atoms with E-state index in [9.17, 15) is 4.79 Å². The number of aromatic amines is 1. The van der Waals surface area contributed by atoms with Gasteiger partial charge >= 0.3 is 0 Å². The molecule has 2 aromatic rings. The van der Waals surface area contributed by atoms with E-state index in [1.54, 1.807) is 0 Å². The highest BCUT2D eigenvalue weighted by Crippen LogP contribution is 2.18. The molecule has 0 unspecified atom stereocenters. The van der Waals surface area contributed by atoms with Gasteiger partial charge < -0.3 is 10.3 Å². The van der Waals surface area contributed by atoms with Crippen molar-refractivity contribution in [1.29, 1.82) is 0 Å². The zero-order valence-electron chi connectivity index (χ0n) is 12.4. The van der Waals surface area contributed by atoms with Gasteiger partial charge in [0.2, 0.25) is 5.91 Å². The Labute approximate surface area is 120 Å². The van der Waals surface area contributed by atoms with E-state index in [2.05, 4.69) is 36.3 Å². The van der Waals surface area contributed by atoms with E-state index < -0.39 is 0 Å². The number of aryl methyl sites for hydroxylation is 1. The van der Waals surface area contributed by atoms with Crippen molar-refractivity contribution in [2.75, 3.05) is 6.54 Å². The molecule has 3 heteroatoms. The fourth-order valence-corrected chi connectivity index (χ4v) is 2.51. The van der Waals surface area contributed by atoms with Crippen molar-refractivity contribution in [3.05, 3.63) is 36.0 Å². The molecule has 20 heavy (non-hydrogen) atoms. The van der Waals surface area contributed by atoms with E-state index in [0.29, 0.717) is 12.3 Å². The molecule has 0 saturated heterocycles. The molecular weight excluding hydrogens is 248 g/mol. The highest BCUT2D eigenvalue weighted by molar-refractivity contribution is 5.84. The fourth-order valence-electron chi connectivity index (χ4n) is 2.51. The van der Waals surface area contributed by atoms with E-state index in [-0.39, 0.29) is 5.91 Å². The third kappa shape index (κ3) is 3.62. The summed E-state index contributed by atoms with van der Waals surface area (Å²) in [6.45, 7) is 5.15. The number of nitrogens with one attached hydrogen (secondary N) is 2. The Kier molecular flexibility index (Phi) is 5.22. The Hall–Kier alpha value is -1.77. The van der Waals surface area contributed by atoms with Crippen LogP contribution in [0.2, 0.25) is 0 Å². The van der Waals surface area contributed by atoms with E-state index in [1.165, 1.54) is 10.9 Å². The van der Waals surface area contributed by atoms with Crippen LogP contribution in [-0.2, 0) is 11.2 Å². The van der Waals surface area contributed by atoms with Crippen LogP contribution in [0.5, 0.6) is 0 Å². The van der Waals surface area contributed by atoms with Crippen LogP contribution < -0.4 is 5.32 Å². The molecule has 0 radical (unpaired) electrons. The SMILES string of the molecule is CCC(CC)CNC(=O)CCc1c[nH]c2ccccc12. The average molecular weight is 272 g/mol. The van der Waals surface area contributed by atoms with Gasteiger partial charge in [-0.3, -0.25) is 4.79 Å². The first kappa shape index (κ1) is 14.6. The first-order chi connectivity index (χ1) is 9.74. The number of carbonyl (C=O) groups excluding carboxylic acids is 1. The Bertz CT molecular complexity index is 555. The summed E-state index contributed by atoms with van der Waals surface area (Å²) in [4.78, 5) is 15.1. The second-order valence-electron chi connectivity index (χ2n) is 5.35. The highest BCUT2D eigenvalue weighted by Gasteiger charge is 2.08. The van der Waals surface area contributed by atoms with Crippen LogP contribution in [0.4, 0.5) is 0 Å². The molecule has 0 fully saturated rings. The van der Waals surface area contributed by atoms with Gasteiger partial charge in [-0.2, -0.15) is 0 Å². The first-order valence-electron chi connectivity index (χ1n) is 7.56. The Morgan fingerprint density at radius 3 is 2.75 bits per heavy atom. The predicted octanol–water partition coefficient (Wildman–Crippen LogP) is 3.65. The van der Waals surface area contributed by atoms with Gasteiger partial charge in [-0.1, -0.05) is 44.9 Å². The standard InChI is InChI=1S/C17H24N2O/c1-3-13(4-2)11-19-17(20)10-9-14-12-18-16-8-6-5-7-15(14)16/h5-8,12-13,18H,3-4,9-11H2,1-2H3,(H,19,20). The van der Waals surface area contributed by atoms with Crippen LogP contribution >= 0.6 is 0 Å². The third-order valence-corrected chi connectivity index (χ3v) is 4.04. The Morgan fingerprint density at radius 2 is 2.00 bits per heavy atom. The zero-order valence-corrected chi connectivity index (χ0v) is 12.4. The second kappa shape index (κ2) is 7.13. The van der Waals surface area contributed by atoms with Gasteiger partial charge in [0.15, 0.2) is 0 Å². The molecule has 0 aliphatic carbocycles. The molecule has 1 heterocycles. The molecule has 0 bridgehead atoms. The number of hydrogen-bond donors (Lipinski definition) is 2. The normalized spacial score (nSPS) is 11.2. The van der Waals surface area contributed by atoms with Crippen molar-refractivity contribution in [3.63, 3.8) is 0 Å². The highest BCUT2D eigenvalue weighted by atomic mass is 16.1. The van der Waals surface area contributed by atoms with E-state index in [1.807, 2.05) is 18.3 Å². The quantitative estimate of drug-likeness (QED) is 0.794.